The molecule has 0 saturated heterocycles. The van der Waals surface area contributed by atoms with E-state index in [0.717, 1.165) is 21.4 Å². The highest BCUT2D eigenvalue weighted by molar-refractivity contribution is 7.80. The van der Waals surface area contributed by atoms with Gasteiger partial charge in [-0.15, -0.1) is 10.2 Å². The van der Waals surface area contributed by atoms with E-state index in [2.05, 4.69) is 27.9 Å². The van der Waals surface area contributed by atoms with Gasteiger partial charge in [0.2, 0.25) is 0 Å². The average Bonchev–Trinajstić information content (AvgIpc) is 3.09. The predicted octanol–water partition coefficient (Wildman–Crippen LogP) is 2.22. The van der Waals surface area contributed by atoms with Gasteiger partial charge in [0.05, 0.1) is 11.3 Å². The Morgan fingerprint density at radius 1 is 1.21 bits per heavy atom. The van der Waals surface area contributed by atoms with Gasteiger partial charge in [0.15, 0.2) is 11.2 Å². The molecule has 3 heterocycles. The van der Waals surface area contributed by atoms with Gasteiger partial charge in [0, 0.05) is 11.9 Å². The molecule has 0 bridgehead atoms. The molecule has 0 aliphatic carbocycles. The number of pyridine rings is 1. The fraction of sp³-hybridized carbons (Fsp3) is 0.211. The summed E-state index contributed by atoms with van der Waals surface area (Å²) < 4.78 is 2.71. The Labute approximate surface area is 164 Å². The van der Waals surface area contributed by atoms with Crippen molar-refractivity contribution in [2.24, 2.45) is 0 Å². The molecule has 3 aromatic heterocycles. The van der Waals surface area contributed by atoms with Gasteiger partial charge in [-0.1, -0.05) is 37.3 Å². The zero-order valence-corrected chi connectivity index (χ0v) is 15.9. The maximum absolute atomic E-state index is 12.8. The van der Waals surface area contributed by atoms with Gasteiger partial charge in [-0.2, -0.15) is 17.7 Å². The molecule has 0 aliphatic rings. The zero-order chi connectivity index (χ0) is 19.8. The number of carbonyl (C=O) groups is 1. The monoisotopic (exact) mass is 395 g/mol. The highest BCUT2D eigenvalue weighted by atomic mass is 32.1. The molecule has 0 saturated carbocycles. The number of aryl methyl sites for hydroxylation is 1. The number of nitrogens with zero attached hydrogens (tertiary/aromatic N) is 5. The number of thiol groups is 1. The summed E-state index contributed by atoms with van der Waals surface area (Å²) in [6.07, 6.45) is 2.13. The van der Waals surface area contributed by atoms with Crippen molar-refractivity contribution in [1.29, 1.82) is 0 Å². The number of aliphatic carboxylic acids is 1. The highest BCUT2D eigenvalue weighted by Crippen LogP contribution is 2.28. The van der Waals surface area contributed by atoms with Crippen LogP contribution in [0.3, 0.4) is 0 Å². The molecule has 8 nitrogen and oxygen atoms in total. The van der Waals surface area contributed by atoms with Crippen LogP contribution in [-0.2, 0) is 11.2 Å². The van der Waals surface area contributed by atoms with Crippen LogP contribution in [0.5, 0.6) is 0 Å². The third-order valence-electron chi connectivity index (χ3n) is 4.67. The summed E-state index contributed by atoms with van der Waals surface area (Å²) in [7, 11) is 0. The summed E-state index contributed by atoms with van der Waals surface area (Å²) in [4.78, 5) is 24.2. The fourth-order valence-electron chi connectivity index (χ4n) is 3.28. The molecular weight excluding hydrogens is 378 g/mol. The molecule has 1 N–H and O–H groups in total. The average molecular weight is 395 g/mol. The van der Waals surface area contributed by atoms with Gasteiger partial charge >= 0.3 is 5.97 Å². The van der Waals surface area contributed by atoms with Crippen LogP contribution in [0.4, 0.5) is 0 Å². The van der Waals surface area contributed by atoms with Crippen molar-refractivity contribution in [1.82, 2.24) is 24.4 Å². The second kappa shape index (κ2) is 7.08. The minimum Gasteiger partial charge on any atom is -0.480 e. The molecular formula is C19H17N5O3S. The largest absolute Gasteiger partial charge is 0.480 e. The third-order valence-corrected chi connectivity index (χ3v) is 5.02. The van der Waals surface area contributed by atoms with Crippen LogP contribution in [0.15, 0.2) is 47.4 Å². The molecule has 1 aromatic carbocycles. The van der Waals surface area contributed by atoms with Crippen LogP contribution in [0, 0.1) is 0 Å². The fourth-order valence-corrected chi connectivity index (χ4v) is 3.62. The summed E-state index contributed by atoms with van der Waals surface area (Å²) in [5.41, 5.74) is 3.24. The lowest BCUT2D eigenvalue weighted by molar-refractivity contribution is -0.140. The Morgan fingerprint density at radius 2 is 1.96 bits per heavy atom. The minimum absolute atomic E-state index is 0.0175. The van der Waals surface area contributed by atoms with E-state index >= 15 is 0 Å². The third kappa shape index (κ3) is 2.75. The molecule has 0 spiro atoms. The molecule has 0 fully saturated rings. The molecule has 0 amide bonds. The van der Waals surface area contributed by atoms with Crippen LogP contribution in [0.25, 0.3) is 27.8 Å². The second-order valence-electron chi connectivity index (χ2n) is 6.28. The van der Waals surface area contributed by atoms with E-state index in [0.29, 0.717) is 17.6 Å². The lowest BCUT2D eigenvalue weighted by Crippen LogP contribution is -2.31. The first-order valence-corrected chi connectivity index (χ1v) is 9.38. The summed E-state index contributed by atoms with van der Waals surface area (Å²) in [6, 6.07) is 10.3. The Bertz CT molecular complexity index is 1250. The summed E-state index contributed by atoms with van der Waals surface area (Å²) in [5.74, 6) is -1.15. The van der Waals surface area contributed by atoms with Gasteiger partial charge in [-0.3, -0.25) is 9.36 Å². The number of aromatic nitrogens is 5. The van der Waals surface area contributed by atoms with Crippen LogP contribution in [0.2, 0.25) is 0 Å². The molecule has 1 atom stereocenters. The van der Waals surface area contributed by atoms with Crippen molar-refractivity contribution in [3.8, 4) is 11.1 Å². The van der Waals surface area contributed by atoms with Gasteiger partial charge < -0.3 is 5.11 Å². The Morgan fingerprint density at radius 3 is 2.61 bits per heavy atom. The topological polar surface area (TPSA) is 102 Å². The highest BCUT2D eigenvalue weighted by Gasteiger charge is 2.22. The molecule has 28 heavy (non-hydrogen) atoms. The van der Waals surface area contributed by atoms with Crippen molar-refractivity contribution in [3.63, 3.8) is 0 Å². The first-order chi connectivity index (χ1) is 13.6. The van der Waals surface area contributed by atoms with E-state index in [1.54, 1.807) is 10.6 Å². The number of hydrogen-bond donors (Lipinski definition) is 2. The number of benzene rings is 1. The maximum Gasteiger partial charge on any atom is 0.327 e. The summed E-state index contributed by atoms with van der Waals surface area (Å²) >= 11 is 4.04. The SMILES string of the molecule is CCc1nn2c(nnc3c(=O)n([C@H](CS)C(=O)O)ccc32)c1-c1ccccc1. The smallest absolute Gasteiger partial charge is 0.327 e. The summed E-state index contributed by atoms with van der Waals surface area (Å²) in [5, 5.41) is 22.3. The quantitative estimate of drug-likeness (QED) is 0.503. The standard InChI is InChI=1S/C19H17N5O3S/c1-2-12-15(11-6-4-3-5-7-11)17-21-20-16-13(24(17)22-12)8-9-23(18(16)25)14(10-28)19(26)27/h3-9,14,28H,2,10H2,1H3,(H,26,27)/t14-/m1/s1. The van der Waals surface area contributed by atoms with E-state index in [1.165, 1.54) is 6.20 Å². The van der Waals surface area contributed by atoms with Crippen LogP contribution < -0.4 is 5.56 Å². The molecule has 4 aromatic rings. The van der Waals surface area contributed by atoms with Crippen LogP contribution in [-0.4, -0.2) is 41.2 Å². The second-order valence-corrected chi connectivity index (χ2v) is 6.64. The van der Waals surface area contributed by atoms with Gasteiger partial charge in [0.25, 0.3) is 5.56 Å². The number of fused-ring (bicyclic) bond motifs is 3. The number of carboxylic acid groups (broad SMARTS) is 1. The Balaban J connectivity index is 2.02. The van der Waals surface area contributed by atoms with Gasteiger partial charge in [-0.05, 0) is 18.1 Å². The maximum atomic E-state index is 12.8. The lowest BCUT2D eigenvalue weighted by Gasteiger charge is -2.13. The summed E-state index contributed by atoms with van der Waals surface area (Å²) in [6.45, 7) is 2.00. The molecule has 0 radical (unpaired) electrons. The molecule has 142 valence electrons. The normalized spacial score (nSPS) is 12.5. The molecule has 4 rings (SSSR count). The Hall–Kier alpha value is -3.20. The predicted molar refractivity (Wildman–Crippen MR) is 108 cm³/mol. The Kier molecular flexibility index (Phi) is 4.60. The number of hydrogen-bond acceptors (Lipinski definition) is 6. The van der Waals surface area contributed by atoms with E-state index in [4.69, 9.17) is 0 Å². The first kappa shape index (κ1) is 18.2. The van der Waals surface area contributed by atoms with E-state index in [9.17, 15) is 14.7 Å². The minimum atomic E-state index is -1.13. The van der Waals surface area contributed by atoms with Gasteiger partial charge in [0.1, 0.15) is 11.6 Å². The van der Waals surface area contributed by atoms with Crippen LogP contribution in [0.1, 0.15) is 18.7 Å². The van der Waals surface area contributed by atoms with E-state index in [-0.39, 0.29) is 11.3 Å². The zero-order valence-electron chi connectivity index (χ0n) is 15.0. The molecule has 0 unspecified atom stereocenters. The number of carboxylic acids is 1. The molecule has 9 heteroatoms. The van der Waals surface area contributed by atoms with E-state index in [1.807, 2.05) is 37.3 Å². The van der Waals surface area contributed by atoms with Crippen molar-refractivity contribution >= 4 is 35.3 Å². The lowest BCUT2D eigenvalue weighted by atomic mass is 10.0. The van der Waals surface area contributed by atoms with Crippen molar-refractivity contribution in [3.05, 3.63) is 58.6 Å². The van der Waals surface area contributed by atoms with Gasteiger partial charge in [-0.25, -0.2) is 9.31 Å². The van der Waals surface area contributed by atoms with Crippen molar-refractivity contribution in [2.75, 3.05) is 5.75 Å². The first-order valence-electron chi connectivity index (χ1n) is 8.75. The van der Waals surface area contributed by atoms with E-state index < -0.39 is 17.6 Å². The van der Waals surface area contributed by atoms with Crippen LogP contribution >= 0.6 is 12.6 Å². The van der Waals surface area contributed by atoms with Crippen molar-refractivity contribution < 1.29 is 9.90 Å². The molecule has 0 aliphatic heterocycles. The van der Waals surface area contributed by atoms with Crippen molar-refractivity contribution in [2.45, 2.75) is 19.4 Å². The number of rotatable bonds is 5.